The molecule has 1 aliphatic rings. The molecule has 16 heteroatoms. The lowest BCUT2D eigenvalue weighted by Gasteiger charge is -2.34. The average molecular weight is 560 g/mol. The predicted molar refractivity (Wildman–Crippen MR) is 126 cm³/mol. The van der Waals surface area contributed by atoms with Gasteiger partial charge in [0.15, 0.2) is 27.2 Å². The Bertz CT molecular complexity index is 1340. The number of halogens is 3. The third-order valence-corrected chi connectivity index (χ3v) is 8.28. The molecule has 0 spiro atoms. The highest BCUT2D eigenvalue weighted by Gasteiger charge is 2.49. The Hall–Kier alpha value is -3.04. The number of ether oxygens (including phenoxy) is 3. The van der Waals surface area contributed by atoms with Crippen molar-refractivity contribution < 1.29 is 31.4 Å². The highest BCUT2D eigenvalue weighted by Crippen LogP contribution is 2.49. The number of sulfone groups is 1. The van der Waals surface area contributed by atoms with Crippen molar-refractivity contribution in [2.75, 3.05) is 21.3 Å². The van der Waals surface area contributed by atoms with Gasteiger partial charge < -0.3 is 14.2 Å². The maximum atomic E-state index is 13.7. The van der Waals surface area contributed by atoms with E-state index in [0.29, 0.717) is 0 Å². The molecule has 0 radical (unpaired) electrons. The molecule has 0 bridgehead atoms. The zero-order valence-electron chi connectivity index (χ0n) is 20.3. The van der Waals surface area contributed by atoms with Gasteiger partial charge in [0.2, 0.25) is 17.7 Å². The molecular formula is C21H24ClF2N7O5S. The van der Waals surface area contributed by atoms with Crippen LogP contribution in [0.5, 0.6) is 11.8 Å². The largest absolute Gasteiger partial charge is 0.479 e. The van der Waals surface area contributed by atoms with E-state index in [1.54, 1.807) is 0 Å². The lowest BCUT2D eigenvalue weighted by atomic mass is 9.80. The minimum Gasteiger partial charge on any atom is -0.479 e. The molecule has 0 saturated heterocycles. The Morgan fingerprint density at radius 3 is 2.19 bits per heavy atom. The molecule has 3 aromatic heterocycles. The zero-order valence-corrected chi connectivity index (χ0v) is 21.9. The molecule has 0 aliphatic heterocycles. The van der Waals surface area contributed by atoms with Crippen molar-refractivity contribution in [1.29, 1.82) is 0 Å². The summed E-state index contributed by atoms with van der Waals surface area (Å²) in [7, 11) is 0.0236. The van der Waals surface area contributed by atoms with Crippen molar-refractivity contribution >= 4 is 21.4 Å². The molecule has 3 aromatic rings. The standard InChI is InChI=1S/C21H24ClF2N7O5S/c1-11(16(34-2)17-25-7-13(22)8-26-17)37(32,33)9-14-29-30-18(12-5-21(23,24)6-12)31(14)15-19(35-3)27-10-28-20(15)36-4/h7-8,10-12,16H,5-6,9H2,1-4H3/t11-,16-/m0/s1. The van der Waals surface area contributed by atoms with Crippen LogP contribution in [-0.2, 0) is 20.3 Å². The number of rotatable bonds is 10. The van der Waals surface area contributed by atoms with Gasteiger partial charge >= 0.3 is 0 Å². The van der Waals surface area contributed by atoms with Gasteiger partial charge in [0.25, 0.3) is 0 Å². The minimum absolute atomic E-state index is 0.0232. The molecule has 1 fully saturated rings. The summed E-state index contributed by atoms with van der Waals surface area (Å²) in [5, 5.41) is 7.30. The fraction of sp³-hybridized carbons (Fsp3) is 0.524. The van der Waals surface area contributed by atoms with E-state index in [1.165, 1.54) is 51.5 Å². The molecule has 0 unspecified atom stereocenters. The smallest absolute Gasteiger partial charge is 0.249 e. The first-order valence-corrected chi connectivity index (χ1v) is 13.1. The van der Waals surface area contributed by atoms with E-state index < -0.39 is 51.6 Å². The van der Waals surface area contributed by atoms with E-state index in [2.05, 4.69) is 30.1 Å². The predicted octanol–water partition coefficient (Wildman–Crippen LogP) is 2.72. The van der Waals surface area contributed by atoms with Gasteiger partial charge in [-0.3, -0.25) is 4.57 Å². The number of aromatic nitrogens is 7. The average Bonchev–Trinajstić information content (AvgIpc) is 3.25. The third-order valence-electron chi connectivity index (χ3n) is 6.05. The summed E-state index contributed by atoms with van der Waals surface area (Å²) in [6, 6.07) is 0. The van der Waals surface area contributed by atoms with E-state index >= 15 is 0 Å². The van der Waals surface area contributed by atoms with Crippen molar-refractivity contribution in [2.24, 2.45) is 0 Å². The maximum Gasteiger partial charge on any atom is 0.249 e. The van der Waals surface area contributed by atoms with Crippen LogP contribution >= 0.6 is 11.6 Å². The number of methoxy groups -OCH3 is 3. The van der Waals surface area contributed by atoms with Crippen LogP contribution in [0, 0.1) is 0 Å². The summed E-state index contributed by atoms with van der Waals surface area (Å²) in [4.78, 5) is 16.3. The van der Waals surface area contributed by atoms with Crippen molar-refractivity contribution in [3.63, 3.8) is 0 Å². The highest BCUT2D eigenvalue weighted by molar-refractivity contribution is 7.91. The van der Waals surface area contributed by atoms with Crippen molar-refractivity contribution in [1.82, 2.24) is 34.7 Å². The number of nitrogens with zero attached hydrogens (tertiary/aromatic N) is 7. The highest BCUT2D eigenvalue weighted by atomic mass is 35.5. The van der Waals surface area contributed by atoms with Crippen LogP contribution in [0.4, 0.5) is 8.78 Å². The normalized spacial score (nSPS) is 17.2. The van der Waals surface area contributed by atoms with Crippen molar-refractivity contribution in [3.8, 4) is 17.4 Å². The van der Waals surface area contributed by atoms with Gasteiger partial charge in [-0.2, -0.15) is 9.97 Å². The zero-order chi connectivity index (χ0) is 27.0. The van der Waals surface area contributed by atoms with Gasteiger partial charge in [-0.1, -0.05) is 11.6 Å². The van der Waals surface area contributed by atoms with Crippen LogP contribution < -0.4 is 9.47 Å². The molecule has 1 saturated carbocycles. The van der Waals surface area contributed by atoms with Gasteiger partial charge in [-0.25, -0.2) is 27.2 Å². The summed E-state index contributed by atoms with van der Waals surface area (Å²) in [6.45, 7) is 1.45. The monoisotopic (exact) mass is 559 g/mol. The molecule has 0 amide bonds. The van der Waals surface area contributed by atoms with Gasteiger partial charge in [-0.05, 0) is 6.92 Å². The Balaban J connectivity index is 1.77. The van der Waals surface area contributed by atoms with Crippen LogP contribution in [0.15, 0.2) is 18.7 Å². The second kappa shape index (κ2) is 10.4. The SMILES string of the molecule is COc1ncnc(OC)c1-n1c(CS(=O)(=O)[C@@H](C)[C@H](OC)c2ncc(Cl)cn2)nnc1C1CC(F)(F)C1. The summed E-state index contributed by atoms with van der Waals surface area (Å²) in [5.74, 6) is -3.92. The number of hydrogen-bond acceptors (Lipinski definition) is 11. The Labute approximate surface area is 216 Å². The second-order valence-corrected chi connectivity index (χ2v) is 11.2. The summed E-state index contributed by atoms with van der Waals surface area (Å²) >= 11 is 5.84. The van der Waals surface area contributed by atoms with Crippen molar-refractivity contribution in [3.05, 3.63) is 41.2 Å². The molecule has 200 valence electrons. The summed E-state index contributed by atoms with van der Waals surface area (Å²) in [5.41, 5.74) is 0.102. The lowest BCUT2D eigenvalue weighted by Crippen LogP contribution is -2.35. The van der Waals surface area contributed by atoms with Gasteiger partial charge in [-0.15, -0.1) is 10.2 Å². The van der Waals surface area contributed by atoms with E-state index in [9.17, 15) is 17.2 Å². The third kappa shape index (κ3) is 5.33. The maximum absolute atomic E-state index is 13.7. The van der Waals surface area contributed by atoms with Gasteiger partial charge in [0.05, 0.1) is 24.5 Å². The Morgan fingerprint density at radius 2 is 1.68 bits per heavy atom. The molecule has 0 aromatic carbocycles. The van der Waals surface area contributed by atoms with E-state index in [-0.39, 0.29) is 39.9 Å². The van der Waals surface area contributed by atoms with E-state index in [4.69, 9.17) is 25.8 Å². The number of alkyl halides is 2. The second-order valence-electron chi connectivity index (χ2n) is 8.44. The molecule has 1 aliphatic carbocycles. The fourth-order valence-electron chi connectivity index (χ4n) is 4.09. The molecule has 12 nitrogen and oxygen atoms in total. The molecule has 3 heterocycles. The minimum atomic E-state index is -4.01. The summed E-state index contributed by atoms with van der Waals surface area (Å²) < 4.78 is 72.0. The quantitative estimate of drug-likeness (QED) is 0.361. The lowest BCUT2D eigenvalue weighted by molar-refractivity contribution is -0.0888. The molecule has 2 atom stereocenters. The first-order chi connectivity index (χ1) is 17.5. The first kappa shape index (κ1) is 27.0. The summed E-state index contributed by atoms with van der Waals surface area (Å²) in [6.07, 6.45) is 1.91. The molecule has 37 heavy (non-hydrogen) atoms. The Morgan fingerprint density at radius 1 is 1.08 bits per heavy atom. The van der Waals surface area contributed by atoms with E-state index in [0.717, 1.165) is 0 Å². The number of hydrogen-bond donors (Lipinski definition) is 0. The topological polar surface area (TPSA) is 144 Å². The van der Waals surface area contributed by atoms with E-state index in [1.807, 2.05) is 0 Å². The van der Waals surface area contributed by atoms with Crippen LogP contribution in [0.1, 0.15) is 49.3 Å². The fourth-order valence-corrected chi connectivity index (χ4v) is 5.61. The van der Waals surface area contributed by atoms with Crippen LogP contribution in [0.3, 0.4) is 0 Å². The first-order valence-electron chi connectivity index (χ1n) is 11.0. The molecule has 4 rings (SSSR count). The Kier molecular flexibility index (Phi) is 7.57. The van der Waals surface area contributed by atoms with Gasteiger partial charge in [0.1, 0.15) is 24.0 Å². The van der Waals surface area contributed by atoms with Crippen LogP contribution in [-0.4, -0.2) is 75.6 Å². The molecular weight excluding hydrogens is 536 g/mol. The van der Waals surface area contributed by atoms with Crippen LogP contribution in [0.2, 0.25) is 5.02 Å². The molecule has 0 N–H and O–H groups in total. The van der Waals surface area contributed by atoms with Crippen molar-refractivity contribution in [2.45, 2.75) is 48.7 Å². The van der Waals surface area contributed by atoms with Gasteiger partial charge in [0, 0.05) is 38.3 Å². The van der Waals surface area contributed by atoms with Crippen LogP contribution in [0.25, 0.3) is 5.69 Å².